The van der Waals surface area contributed by atoms with Gasteiger partial charge in [-0.25, -0.2) is 25.3 Å². The van der Waals surface area contributed by atoms with E-state index in [2.05, 4.69) is 60.4 Å². The van der Waals surface area contributed by atoms with Crippen LogP contribution < -0.4 is 10.9 Å². The summed E-state index contributed by atoms with van der Waals surface area (Å²) in [4.78, 5) is -0.248. The fourth-order valence-corrected chi connectivity index (χ4v) is 9.24. The zero-order valence-electron chi connectivity index (χ0n) is 79.0. The summed E-state index contributed by atoms with van der Waals surface area (Å²) in [7, 11) is -15.3. The van der Waals surface area contributed by atoms with Gasteiger partial charge in [0.05, 0.1) is 52.8 Å². The highest BCUT2D eigenvalue weighted by atomic mass is 79.9. The van der Waals surface area contributed by atoms with Gasteiger partial charge in [-0.1, -0.05) is 149 Å². The molecule has 470 valence electrons. The molecule has 2 fully saturated rings. The summed E-state index contributed by atoms with van der Waals surface area (Å²) in [6, 6.07) is 28.7. The maximum atomic E-state index is 12.8. The van der Waals surface area contributed by atoms with Crippen molar-refractivity contribution in [1.29, 1.82) is 0 Å². The lowest BCUT2D eigenvalue weighted by Gasteiger charge is -2.32. The molecule has 0 atom stereocenters. The third kappa shape index (κ3) is 27.1. The van der Waals surface area contributed by atoms with E-state index in [4.69, 9.17) is 58.4 Å². The van der Waals surface area contributed by atoms with Crippen LogP contribution in [-0.2, 0) is 48.1 Å². The van der Waals surface area contributed by atoms with Gasteiger partial charge in [0.25, 0.3) is 0 Å². The third-order valence-corrected chi connectivity index (χ3v) is 18.1. The Labute approximate surface area is 582 Å². The summed E-state index contributed by atoms with van der Waals surface area (Å²) in [5, 5.41) is -13.6. The monoisotopic (exact) mass is 1470 g/mol. The summed E-state index contributed by atoms with van der Waals surface area (Å²) < 4.78 is 314. The van der Waals surface area contributed by atoms with E-state index in [-0.39, 0.29) is 0 Å². The lowest BCUT2D eigenvalue weighted by atomic mass is 9.79. The minimum absolute atomic E-state index is 0.431. The molecular weight excluding hydrogens is 1340 g/mol. The van der Waals surface area contributed by atoms with E-state index >= 15 is 0 Å². The Hall–Kier alpha value is -1.94. The van der Waals surface area contributed by atoms with Crippen molar-refractivity contribution >= 4 is 127 Å². The Bertz CT molecular complexity index is 3780. The molecule has 0 unspecified atom stereocenters. The van der Waals surface area contributed by atoms with Crippen LogP contribution in [0.4, 0.5) is 0 Å². The summed E-state index contributed by atoms with van der Waals surface area (Å²) >= 11 is 14.3. The molecule has 0 amide bonds. The van der Waals surface area contributed by atoms with Crippen molar-refractivity contribution in [3.05, 3.63) is 135 Å². The molecule has 5 aromatic carbocycles. The molecule has 0 aliphatic carbocycles. The highest BCUT2D eigenvalue weighted by molar-refractivity contribution is 9.11. The molecule has 0 aromatic heterocycles. The maximum Gasteiger partial charge on any atom is 0.494 e. The van der Waals surface area contributed by atoms with Gasteiger partial charge >= 0.3 is 14.2 Å². The highest BCUT2D eigenvalue weighted by Gasteiger charge is 2.52. The van der Waals surface area contributed by atoms with E-state index in [1.165, 1.54) is 43.8 Å². The Kier molecular flexibility index (Phi) is 21.4. The van der Waals surface area contributed by atoms with Crippen molar-refractivity contribution in [2.45, 2.75) is 241 Å². The van der Waals surface area contributed by atoms with Crippen LogP contribution in [0.3, 0.4) is 0 Å². The zero-order chi connectivity index (χ0) is 90.1. The Morgan fingerprint density at radius 3 is 0.892 bits per heavy atom. The number of sulfone groups is 3. The molecule has 20 heteroatoms. The van der Waals surface area contributed by atoms with Gasteiger partial charge < -0.3 is 18.6 Å². The number of hydrogen-bond acceptors (Lipinski definition) is 12. The average Bonchev–Trinajstić information content (AvgIpc) is 0.889. The molecule has 0 N–H and O–H groups in total. The van der Waals surface area contributed by atoms with Crippen LogP contribution in [0.15, 0.2) is 159 Å². The quantitative estimate of drug-likeness (QED) is 0.0812. The lowest BCUT2D eigenvalue weighted by Crippen LogP contribution is -2.41. The maximum absolute atomic E-state index is 12.8. The third-order valence-electron chi connectivity index (χ3n) is 11.2. The average molecular weight is 1470 g/mol. The van der Waals surface area contributed by atoms with Crippen LogP contribution in [0.1, 0.15) is 213 Å². The summed E-state index contributed by atoms with van der Waals surface area (Å²) in [5.41, 5.74) is -1.47. The fraction of sp³-hybridized carbons (Fsp3) is 0.524. The SMILES string of the molecule is CC.CC.CC.CC.Sc1ccc(Br)cc1.[2H]C.[2H]C([2H])([2H])C([2H])(C([2H])([2H])[2H])S(=O)(=O)c1ccc(B2OC(C)(C)C(C)(C)O2)cc1.[2H]C([2H])([2H])C([2H])(C([2H])([2H])[2H])S(=O)(=O)c1ccc(B2OC(C)(C)C(C)(C)O2)cc1.[2H]C([2H])([2H])C([2H])(C([2H])([2H])[2H])S(=O)(=O)c1ccc(Br)cc1.[2H]C([2H])([2H])C([2H])(Sc1ccc(Br)cc1)C([2H])([2H])[2H]. The van der Waals surface area contributed by atoms with E-state index in [0.717, 1.165) is 50.2 Å². The van der Waals surface area contributed by atoms with E-state index in [0.29, 0.717) is 32.1 Å². The van der Waals surface area contributed by atoms with Crippen molar-refractivity contribution in [1.82, 2.24) is 0 Å². The van der Waals surface area contributed by atoms with Crippen LogP contribution in [0.25, 0.3) is 0 Å². The molecule has 0 saturated carbocycles. The van der Waals surface area contributed by atoms with Crippen molar-refractivity contribution in [2.75, 3.05) is 0 Å². The first-order valence-corrected chi connectivity index (χ1v) is 33.5. The molecule has 2 heterocycles. The second kappa shape index (κ2) is 39.1. The van der Waals surface area contributed by atoms with Crippen LogP contribution >= 0.6 is 72.2 Å². The minimum atomic E-state index is -5.04. The topological polar surface area (TPSA) is 139 Å². The molecule has 83 heavy (non-hydrogen) atoms. The summed E-state index contributed by atoms with van der Waals surface area (Å²) in [6.45, 7) is 3.64. The fourth-order valence-electron chi connectivity index (χ4n) is 5.60. The van der Waals surface area contributed by atoms with E-state index < -0.39 is 157 Å². The van der Waals surface area contributed by atoms with Crippen molar-refractivity contribution in [3.63, 3.8) is 0 Å². The van der Waals surface area contributed by atoms with E-state index in [9.17, 15) is 25.3 Å². The molecule has 2 aliphatic rings. The first kappa shape index (κ1) is 45.3. The molecule has 0 spiro atoms. The Balaban J connectivity index is -0.00000133. The first-order valence-electron chi connectivity index (χ1n) is 40.4. The second-order valence-electron chi connectivity index (χ2n) is 17.6. The van der Waals surface area contributed by atoms with Crippen LogP contribution in [0.2, 0.25) is 0 Å². The molecular formula is C63H101B2Br3O10S5. The number of hydrogen-bond donors (Lipinski definition) is 1. The van der Waals surface area contributed by atoms with Gasteiger partial charge in [-0.15, -0.1) is 24.4 Å². The largest absolute Gasteiger partial charge is 0.494 e. The molecule has 2 aliphatic heterocycles. The van der Waals surface area contributed by atoms with Crippen LogP contribution in [0, 0.1) is 0 Å². The molecule has 10 nitrogen and oxygen atoms in total. The van der Waals surface area contributed by atoms with Gasteiger partial charge in [0.1, 0.15) is 0 Å². The first-order chi connectivity index (χ1) is 50.1. The summed E-state index contributed by atoms with van der Waals surface area (Å²) in [5.74, 6) is 0. The van der Waals surface area contributed by atoms with Crippen molar-refractivity contribution < 1.29 is 83.6 Å². The van der Waals surface area contributed by atoms with Crippen molar-refractivity contribution in [2.24, 2.45) is 0 Å². The molecule has 0 radical (unpaired) electrons. The summed E-state index contributed by atoms with van der Waals surface area (Å²) in [6.07, 6.45) is 0. The van der Waals surface area contributed by atoms with Gasteiger partial charge in [0, 0.05) is 68.2 Å². The van der Waals surface area contributed by atoms with Gasteiger partial charge in [-0.3, -0.25) is 0 Å². The molecule has 7 rings (SSSR count). The van der Waals surface area contributed by atoms with E-state index in [1.807, 2.05) is 135 Å². The predicted octanol–water partition coefficient (Wildman–Crippen LogP) is 18.4. The van der Waals surface area contributed by atoms with Crippen LogP contribution in [-0.4, -0.2) is 82.8 Å². The number of thiol groups is 1. The number of thioether (sulfide) groups is 1. The van der Waals surface area contributed by atoms with Crippen LogP contribution in [0.5, 0.6) is 0 Å². The van der Waals surface area contributed by atoms with Gasteiger partial charge in [-0.05, 0) is 204 Å². The Morgan fingerprint density at radius 2 is 0.663 bits per heavy atom. The standard InChI is InChI=1S/2C15H23BO4S.C9H11BrO2S.C9H11BrS.C6H5BrS.4C2H6.CH4/c2*1-11(2)21(17,18)13-9-7-12(8-10-13)16-19-14(3,4)15(5,6)20-16;1-7(2)13(11,12)9-5-3-8(10)4-6-9;1-7(2)11-9-5-3-8(10)4-6-9;7-5-1-3-6(8)4-2-5;4*1-2;/h2*7-11H,1-6H3;3-7H,1-2H3;3-7H,1-2H3;1-4,8H;4*1-2H3;1H4/i2*1D3,2D3,11D;2*1D3,2D3,7D;;;;;;1D. The minimum Gasteiger partial charge on any atom is -0.399 e. The van der Waals surface area contributed by atoms with Gasteiger partial charge in [-0.2, -0.15) is 0 Å². The van der Waals surface area contributed by atoms with E-state index in [1.54, 1.807) is 24.3 Å². The predicted molar refractivity (Wildman–Crippen MR) is 374 cm³/mol. The van der Waals surface area contributed by atoms with Gasteiger partial charge in [0.15, 0.2) is 29.5 Å². The smallest absolute Gasteiger partial charge is 0.399 e. The molecule has 5 aromatic rings. The second-order valence-corrected chi connectivity index (χ2v) is 27.6. The number of rotatable bonds is 10. The number of benzene rings is 5. The molecule has 0 bridgehead atoms. The normalized spacial score (nSPS) is 21.9. The highest BCUT2D eigenvalue weighted by Crippen LogP contribution is 2.38. The number of halogens is 3. The Morgan fingerprint density at radius 1 is 0.434 bits per heavy atom. The lowest BCUT2D eigenvalue weighted by molar-refractivity contribution is 0.00578. The zero-order valence-corrected chi connectivity index (χ0v) is 58.9. The van der Waals surface area contributed by atoms with Gasteiger partial charge in [0.2, 0.25) is 0 Å². The van der Waals surface area contributed by atoms with Crippen molar-refractivity contribution in [3.8, 4) is 0 Å². The molecule has 2 saturated heterocycles.